The molecule has 2 atom stereocenters. The summed E-state index contributed by atoms with van der Waals surface area (Å²) in [7, 11) is 0. The normalized spacial score (nSPS) is 36.7. The topological polar surface area (TPSA) is 38.0 Å². The van der Waals surface area contributed by atoms with Gasteiger partial charge in [0, 0.05) is 0 Å². The summed E-state index contributed by atoms with van der Waals surface area (Å²) < 4.78 is 0. The molecule has 1 aliphatic heterocycles. The lowest BCUT2D eigenvalue weighted by atomic mass is 9.88. The minimum atomic E-state index is 0.721. The van der Waals surface area contributed by atoms with Crippen molar-refractivity contribution in [3.63, 3.8) is 0 Å². The number of rotatable bonds is 1. The highest BCUT2D eigenvalue weighted by Crippen LogP contribution is 2.16. The molecule has 3 N–H and O–H groups in total. The lowest BCUT2D eigenvalue weighted by Gasteiger charge is -2.27. The second-order valence-corrected chi connectivity index (χ2v) is 2.97. The van der Waals surface area contributed by atoms with Crippen molar-refractivity contribution in [1.82, 2.24) is 5.32 Å². The number of nitrogens with two attached hydrogens (primary N) is 1. The predicted molar refractivity (Wildman–Crippen MR) is 39.2 cm³/mol. The molecular weight excluding hydrogens is 112 g/mol. The van der Waals surface area contributed by atoms with E-state index in [1.165, 1.54) is 13.0 Å². The summed E-state index contributed by atoms with van der Waals surface area (Å²) in [6.07, 6.45) is 1.29. The number of piperidine rings is 1. The summed E-state index contributed by atoms with van der Waals surface area (Å²) in [5, 5.41) is 3.34. The van der Waals surface area contributed by atoms with Crippen LogP contribution < -0.4 is 11.1 Å². The van der Waals surface area contributed by atoms with Crippen molar-refractivity contribution in [2.45, 2.75) is 13.3 Å². The predicted octanol–water partition coefficient (Wildman–Crippen LogP) is 0.191. The number of nitrogens with one attached hydrogen (secondary N) is 1. The first-order valence-electron chi connectivity index (χ1n) is 3.75. The highest BCUT2D eigenvalue weighted by Gasteiger charge is 2.18. The fourth-order valence-electron chi connectivity index (χ4n) is 1.37. The summed E-state index contributed by atoms with van der Waals surface area (Å²) in [6.45, 7) is 5.43. The van der Waals surface area contributed by atoms with Crippen molar-refractivity contribution in [3.8, 4) is 0 Å². The smallest absolute Gasteiger partial charge is 0.000589 e. The Bertz CT molecular complexity index is 83.0. The van der Waals surface area contributed by atoms with Crippen LogP contribution in [0.4, 0.5) is 0 Å². The van der Waals surface area contributed by atoms with Gasteiger partial charge in [-0.3, -0.25) is 0 Å². The monoisotopic (exact) mass is 128 g/mol. The lowest BCUT2D eigenvalue weighted by Crippen LogP contribution is -2.39. The maximum Gasteiger partial charge on any atom is -0.000589 e. The Morgan fingerprint density at radius 2 is 2.44 bits per heavy atom. The molecule has 0 aliphatic carbocycles. The SMILES string of the molecule is CC1CCNCC1CN. The van der Waals surface area contributed by atoms with E-state index in [1.807, 2.05) is 0 Å². The Morgan fingerprint density at radius 1 is 1.67 bits per heavy atom. The molecule has 54 valence electrons. The van der Waals surface area contributed by atoms with Gasteiger partial charge in [-0.2, -0.15) is 0 Å². The minimum Gasteiger partial charge on any atom is -0.330 e. The van der Waals surface area contributed by atoms with E-state index in [1.54, 1.807) is 0 Å². The molecule has 1 fully saturated rings. The van der Waals surface area contributed by atoms with Crippen LogP contribution in [0.15, 0.2) is 0 Å². The van der Waals surface area contributed by atoms with E-state index >= 15 is 0 Å². The Labute approximate surface area is 56.8 Å². The maximum absolute atomic E-state index is 5.55. The third kappa shape index (κ3) is 1.66. The molecular formula is C7H16N2. The van der Waals surface area contributed by atoms with Crippen LogP contribution >= 0.6 is 0 Å². The van der Waals surface area contributed by atoms with E-state index in [-0.39, 0.29) is 0 Å². The van der Waals surface area contributed by atoms with Gasteiger partial charge in [-0.05, 0) is 37.9 Å². The molecule has 0 bridgehead atoms. The largest absolute Gasteiger partial charge is 0.330 e. The van der Waals surface area contributed by atoms with E-state index in [0.717, 1.165) is 24.9 Å². The first kappa shape index (κ1) is 7.03. The van der Waals surface area contributed by atoms with Crippen molar-refractivity contribution in [2.75, 3.05) is 19.6 Å². The summed E-state index contributed by atoms with van der Waals surface area (Å²) >= 11 is 0. The van der Waals surface area contributed by atoms with Gasteiger partial charge in [-0.1, -0.05) is 6.92 Å². The Morgan fingerprint density at radius 3 is 2.89 bits per heavy atom. The van der Waals surface area contributed by atoms with Gasteiger partial charge in [0.25, 0.3) is 0 Å². The average molecular weight is 128 g/mol. The van der Waals surface area contributed by atoms with Crippen molar-refractivity contribution in [1.29, 1.82) is 0 Å². The Hall–Kier alpha value is -0.0800. The van der Waals surface area contributed by atoms with Crippen LogP contribution in [0.2, 0.25) is 0 Å². The molecule has 2 heteroatoms. The van der Waals surface area contributed by atoms with Crippen LogP contribution in [0.25, 0.3) is 0 Å². The highest BCUT2D eigenvalue weighted by atomic mass is 14.9. The molecule has 0 aromatic heterocycles. The number of hydrogen-bond acceptors (Lipinski definition) is 2. The molecule has 1 rings (SSSR count). The molecule has 0 aromatic rings. The van der Waals surface area contributed by atoms with Gasteiger partial charge in [0.1, 0.15) is 0 Å². The average Bonchev–Trinajstić information content (AvgIpc) is 1.89. The zero-order valence-corrected chi connectivity index (χ0v) is 6.06. The van der Waals surface area contributed by atoms with Crippen molar-refractivity contribution < 1.29 is 0 Å². The first-order valence-corrected chi connectivity index (χ1v) is 3.75. The van der Waals surface area contributed by atoms with E-state index < -0.39 is 0 Å². The van der Waals surface area contributed by atoms with E-state index in [2.05, 4.69) is 12.2 Å². The molecule has 1 heterocycles. The van der Waals surface area contributed by atoms with Crippen LogP contribution in [-0.2, 0) is 0 Å². The molecule has 2 nitrogen and oxygen atoms in total. The van der Waals surface area contributed by atoms with Crippen molar-refractivity contribution in [3.05, 3.63) is 0 Å². The van der Waals surface area contributed by atoms with Gasteiger partial charge < -0.3 is 11.1 Å². The zero-order valence-electron chi connectivity index (χ0n) is 6.06. The van der Waals surface area contributed by atoms with E-state index in [0.29, 0.717) is 0 Å². The third-order valence-corrected chi connectivity index (χ3v) is 2.29. The van der Waals surface area contributed by atoms with Crippen LogP contribution in [0, 0.1) is 11.8 Å². The minimum absolute atomic E-state index is 0.721. The van der Waals surface area contributed by atoms with Gasteiger partial charge in [-0.15, -0.1) is 0 Å². The molecule has 1 saturated heterocycles. The molecule has 0 saturated carbocycles. The fourth-order valence-corrected chi connectivity index (χ4v) is 1.37. The molecule has 0 aromatic carbocycles. The summed E-state index contributed by atoms with van der Waals surface area (Å²) in [5.41, 5.74) is 5.55. The van der Waals surface area contributed by atoms with Crippen LogP contribution in [0.1, 0.15) is 13.3 Å². The van der Waals surface area contributed by atoms with Gasteiger partial charge in [0.15, 0.2) is 0 Å². The molecule has 2 unspecified atom stereocenters. The zero-order chi connectivity index (χ0) is 6.69. The fraction of sp³-hybridized carbons (Fsp3) is 1.00. The van der Waals surface area contributed by atoms with Gasteiger partial charge in [0.2, 0.25) is 0 Å². The van der Waals surface area contributed by atoms with Crippen LogP contribution in [0.3, 0.4) is 0 Å². The maximum atomic E-state index is 5.55. The van der Waals surface area contributed by atoms with E-state index in [9.17, 15) is 0 Å². The second-order valence-electron chi connectivity index (χ2n) is 2.97. The summed E-state index contributed by atoms with van der Waals surface area (Å²) in [5.74, 6) is 1.55. The van der Waals surface area contributed by atoms with Gasteiger partial charge in [-0.25, -0.2) is 0 Å². The van der Waals surface area contributed by atoms with Crippen LogP contribution in [0.5, 0.6) is 0 Å². The standard InChI is InChI=1S/C7H16N2/c1-6-2-3-9-5-7(6)4-8/h6-7,9H,2-5,8H2,1H3. The molecule has 1 aliphatic rings. The van der Waals surface area contributed by atoms with E-state index in [4.69, 9.17) is 5.73 Å². The quantitative estimate of drug-likeness (QED) is 0.529. The van der Waals surface area contributed by atoms with Crippen molar-refractivity contribution in [2.24, 2.45) is 17.6 Å². The third-order valence-electron chi connectivity index (χ3n) is 2.29. The first-order chi connectivity index (χ1) is 4.34. The molecule has 0 spiro atoms. The van der Waals surface area contributed by atoms with Crippen molar-refractivity contribution >= 4 is 0 Å². The highest BCUT2D eigenvalue weighted by molar-refractivity contribution is 4.75. The lowest BCUT2D eigenvalue weighted by molar-refractivity contribution is 0.281. The van der Waals surface area contributed by atoms with Gasteiger partial charge >= 0.3 is 0 Å². The molecule has 0 radical (unpaired) electrons. The Balaban J connectivity index is 2.30. The summed E-state index contributed by atoms with van der Waals surface area (Å²) in [6, 6.07) is 0. The summed E-state index contributed by atoms with van der Waals surface area (Å²) in [4.78, 5) is 0. The van der Waals surface area contributed by atoms with Gasteiger partial charge in [0.05, 0.1) is 0 Å². The second kappa shape index (κ2) is 3.18. The number of hydrogen-bond donors (Lipinski definition) is 2. The van der Waals surface area contributed by atoms with Crippen LogP contribution in [-0.4, -0.2) is 19.6 Å². The Kier molecular flexibility index (Phi) is 2.49. The molecule has 9 heavy (non-hydrogen) atoms. The molecule has 0 amide bonds.